The first kappa shape index (κ1) is 16.5. The highest BCUT2D eigenvalue weighted by Crippen LogP contribution is 2.35. The number of hydrogen-bond donors (Lipinski definition) is 1. The van der Waals surface area contributed by atoms with Crippen LogP contribution in [0.1, 0.15) is 39.0 Å². The van der Waals surface area contributed by atoms with Gasteiger partial charge in [-0.2, -0.15) is 0 Å². The molecule has 1 fully saturated rings. The molecule has 2 rings (SSSR count). The molecule has 2 nitrogen and oxygen atoms in total. The van der Waals surface area contributed by atoms with Gasteiger partial charge in [-0.15, -0.1) is 13.2 Å². The van der Waals surface area contributed by atoms with Crippen LogP contribution in [-0.4, -0.2) is 12.4 Å². The summed E-state index contributed by atoms with van der Waals surface area (Å²) in [5.41, 5.74) is 0.400. The highest BCUT2D eigenvalue weighted by molar-refractivity contribution is 9.10. The Hall–Kier alpha value is -0.910. The molecule has 2 atom stereocenters. The summed E-state index contributed by atoms with van der Waals surface area (Å²) in [6.45, 7) is 2.16. The lowest BCUT2D eigenvalue weighted by atomic mass is 9.84. The maximum atomic E-state index is 12.5. The summed E-state index contributed by atoms with van der Waals surface area (Å²) in [5.74, 6) is 0.467. The van der Waals surface area contributed by atoms with Crippen molar-refractivity contribution >= 4 is 21.6 Å². The van der Waals surface area contributed by atoms with E-state index in [0.29, 0.717) is 16.1 Å². The molecule has 0 amide bonds. The van der Waals surface area contributed by atoms with E-state index in [1.807, 2.05) is 0 Å². The van der Waals surface area contributed by atoms with Crippen molar-refractivity contribution in [3.8, 4) is 5.75 Å². The van der Waals surface area contributed by atoms with Crippen LogP contribution in [-0.2, 0) is 0 Å². The molecule has 1 aliphatic rings. The third kappa shape index (κ3) is 5.09. The molecule has 0 saturated heterocycles. The molecule has 1 aliphatic carbocycles. The molecule has 1 aromatic rings. The second-order valence-electron chi connectivity index (χ2n) is 5.47. The van der Waals surface area contributed by atoms with Crippen LogP contribution < -0.4 is 10.1 Å². The predicted molar refractivity (Wildman–Crippen MR) is 80.5 cm³/mol. The van der Waals surface area contributed by atoms with Gasteiger partial charge in [0, 0.05) is 10.5 Å². The zero-order valence-corrected chi connectivity index (χ0v) is 13.4. The lowest BCUT2D eigenvalue weighted by molar-refractivity contribution is -0.274. The lowest BCUT2D eigenvalue weighted by Gasteiger charge is -2.30. The maximum absolute atomic E-state index is 12.5. The Balaban J connectivity index is 2.11. The van der Waals surface area contributed by atoms with Crippen LogP contribution in [0, 0.1) is 5.92 Å². The Morgan fingerprint density at radius 1 is 1.33 bits per heavy atom. The average molecular weight is 366 g/mol. The number of alkyl halides is 3. The standard InChI is InChI=1S/C15H19BrF3NO/c1-2-10-4-3-5-12(8-10)20-13-7-6-11(16)9-14(13)21-15(17,18)19/h6-7,9-10,12,20H,2-5,8H2,1H3. The normalized spacial score (nSPS) is 22.9. The third-order valence-corrected chi connectivity index (χ3v) is 4.38. The van der Waals surface area contributed by atoms with E-state index in [1.165, 1.54) is 12.5 Å². The Kier molecular flexibility index (Phi) is 5.41. The lowest BCUT2D eigenvalue weighted by Crippen LogP contribution is -2.27. The Bertz CT molecular complexity index is 478. The molecule has 6 heteroatoms. The maximum Gasteiger partial charge on any atom is 0.573 e. The zero-order valence-electron chi connectivity index (χ0n) is 11.8. The van der Waals surface area contributed by atoms with E-state index in [-0.39, 0.29) is 11.8 Å². The average Bonchev–Trinajstić information content (AvgIpc) is 2.40. The molecule has 0 spiro atoms. The van der Waals surface area contributed by atoms with Gasteiger partial charge in [0.25, 0.3) is 0 Å². The number of hydrogen-bond acceptors (Lipinski definition) is 2. The second-order valence-corrected chi connectivity index (χ2v) is 6.39. The molecule has 1 aromatic carbocycles. The van der Waals surface area contributed by atoms with Crippen molar-refractivity contribution in [1.82, 2.24) is 0 Å². The van der Waals surface area contributed by atoms with Gasteiger partial charge in [-0.25, -0.2) is 0 Å². The quantitative estimate of drug-likeness (QED) is 0.735. The summed E-state index contributed by atoms with van der Waals surface area (Å²) in [6.07, 6.45) is 0.735. The number of anilines is 1. The Morgan fingerprint density at radius 3 is 2.76 bits per heavy atom. The van der Waals surface area contributed by atoms with Gasteiger partial charge in [0.1, 0.15) is 0 Å². The molecule has 0 heterocycles. The van der Waals surface area contributed by atoms with Gasteiger partial charge in [-0.1, -0.05) is 42.1 Å². The van der Waals surface area contributed by atoms with E-state index in [4.69, 9.17) is 0 Å². The summed E-state index contributed by atoms with van der Waals surface area (Å²) in [7, 11) is 0. The van der Waals surface area contributed by atoms with E-state index in [9.17, 15) is 13.2 Å². The highest BCUT2D eigenvalue weighted by atomic mass is 79.9. The number of ether oxygens (including phenoxy) is 1. The van der Waals surface area contributed by atoms with Gasteiger partial charge in [0.05, 0.1) is 5.69 Å². The first-order chi connectivity index (χ1) is 9.87. The third-order valence-electron chi connectivity index (χ3n) is 3.89. The number of rotatable bonds is 4. The smallest absolute Gasteiger partial charge is 0.404 e. The van der Waals surface area contributed by atoms with Crippen molar-refractivity contribution in [2.45, 2.75) is 51.4 Å². The summed E-state index contributed by atoms with van der Waals surface area (Å²) in [6, 6.07) is 4.89. The molecular weight excluding hydrogens is 347 g/mol. The number of nitrogens with one attached hydrogen (secondary N) is 1. The minimum atomic E-state index is -4.68. The molecule has 0 radical (unpaired) electrons. The van der Waals surface area contributed by atoms with E-state index < -0.39 is 6.36 Å². The molecular formula is C15H19BrF3NO. The van der Waals surface area contributed by atoms with Crippen LogP contribution in [0.2, 0.25) is 0 Å². The van der Waals surface area contributed by atoms with Gasteiger partial charge in [-0.3, -0.25) is 0 Å². The largest absolute Gasteiger partial charge is 0.573 e. The van der Waals surface area contributed by atoms with Crippen molar-refractivity contribution in [2.75, 3.05) is 5.32 Å². The summed E-state index contributed by atoms with van der Waals surface area (Å²) in [4.78, 5) is 0. The predicted octanol–water partition coefficient (Wildman–Crippen LogP) is 5.73. The highest BCUT2D eigenvalue weighted by Gasteiger charge is 2.32. The second kappa shape index (κ2) is 6.90. The zero-order chi connectivity index (χ0) is 15.5. The van der Waals surface area contributed by atoms with E-state index in [0.717, 1.165) is 25.7 Å². The van der Waals surface area contributed by atoms with E-state index >= 15 is 0 Å². The number of benzene rings is 1. The minimum Gasteiger partial charge on any atom is -0.404 e. The van der Waals surface area contributed by atoms with Gasteiger partial charge in [-0.05, 0) is 37.0 Å². The van der Waals surface area contributed by atoms with Crippen LogP contribution in [0.4, 0.5) is 18.9 Å². The fourth-order valence-electron chi connectivity index (χ4n) is 2.84. The van der Waals surface area contributed by atoms with Gasteiger partial charge in [0.2, 0.25) is 0 Å². The van der Waals surface area contributed by atoms with Crippen molar-refractivity contribution < 1.29 is 17.9 Å². The molecule has 2 unspecified atom stereocenters. The summed E-state index contributed by atoms with van der Waals surface area (Å²) < 4.78 is 42.1. The SMILES string of the molecule is CCC1CCCC(Nc2ccc(Br)cc2OC(F)(F)F)C1. The van der Waals surface area contributed by atoms with Crippen LogP contribution in [0.5, 0.6) is 5.75 Å². The number of halogens is 4. The van der Waals surface area contributed by atoms with E-state index in [1.54, 1.807) is 12.1 Å². The van der Waals surface area contributed by atoms with Crippen molar-refractivity contribution in [2.24, 2.45) is 5.92 Å². The van der Waals surface area contributed by atoms with E-state index in [2.05, 4.69) is 32.9 Å². The Morgan fingerprint density at radius 2 is 2.10 bits per heavy atom. The molecule has 118 valence electrons. The molecule has 0 bridgehead atoms. The first-order valence-electron chi connectivity index (χ1n) is 7.19. The van der Waals surface area contributed by atoms with Crippen LogP contribution >= 0.6 is 15.9 Å². The van der Waals surface area contributed by atoms with Crippen molar-refractivity contribution in [3.63, 3.8) is 0 Å². The van der Waals surface area contributed by atoms with Crippen LogP contribution in [0.25, 0.3) is 0 Å². The summed E-state index contributed by atoms with van der Waals surface area (Å²) in [5, 5.41) is 3.22. The van der Waals surface area contributed by atoms with Crippen molar-refractivity contribution in [1.29, 1.82) is 0 Å². The van der Waals surface area contributed by atoms with Gasteiger partial charge < -0.3 is 10.1 Å². The van der Waals surface area contributed by atoms with Gasteiger partial charge in [0.15, 0.2) is 5.75 Å². The summed E-state index contributed by atoms with van der Waals surface area (Å²) >= 11 is 3.17. The monoisotopic (exact) mass is 365 g/mol. The molecule has 0 aliphatic heterocycles. The fraction of sp³-hybridized carbons (Fsp3) is 0.600. The van der Waals surface area contributed by atoms with Crippen molar-refractivity contribution in [3.05, 3.63) is 22.7 Å². The van der Waals surface area contributed by atoms with Crippen LogP contribution in [0.3, 0.4) is 0 Å². The first-order valence-corrected chi connectivity index (χ1v) is 7.98. The minimum absolute atomic E-state index is 0.185. The topological polar surface area (TPSA) is 21.3 Å². The van der Waals surface area contributed by atoms with Crippen LogP contribution in [0.15, 0.2) is 22.7 Å². The van der Waals surface area contributed by atoms with Gasteiger partial charge >= 0.3 is 6.36 Å². The Labute approximate surface area is 131 Å². The molecule has 0 aromatic heterocycles. The fourth-order valence-corrected chi connectivity index (χ4v) is 3.18. The molecule has 1 saturated carbocycles. The molecule has 21 heavy (non-hydrogen) atoms. The molecule has 1 N–H and O–H groups in total.